The second-order valence-corrected chi connectivity index (χ2v) is 5.65. The molecule has 1 unspecified atom stereocenters. The lowest BCUT2D eigenvalue weighted by molar-refractivity contribution is 0.299. The van der Waals surface area contributed by atoms with Crippen LogP contribution in [0.1, 0.15) is 37.7 Å². The van der Waals surface area contributed by atoms with Crippen LogP contribution >= 0.6 is 0 Å². The molecule has 19 heavy (non-hydrogen) atoms. The Morgan fingerprint density at radius 1 is 1.37 bits per heavy atom. The first-order valence-corrected chi connectivity index (χ1v) is 7.15. The molecule has 0 aliphatic carbocycles. The molecule has 5 heteroatoms. The first-order chi connectivity index (χ1) is 9.16. The molecule has 0 spiro atoms. The molecule has 1 atom stereocenters. The minimum atomic E-state index is 0.356. The van der Waals surface area contributed by atoms with E-state index >= 15 is 0 Å². The summed E-state index contributed by atoms with van der Waals surface area (Å²) in [6.07, 6.45) is 1.04. The average Bonchev–Trinajstić information content (AvgIpc) is 2.57. The minimum Gasteiger partial charge on any atom is -0.488 e. The Labute approximate surface area is 114 Å². The summed E-state index contributed by atoms with van der Waals surface area (Å²) >= 11 is 0. The highest BCUT2D eigenvalue weighted by Gasteiger charge is 2.31. The van der Waals surface area contributed by atoms with Crippen molar-refractivity contribution in [2.75, 3.05) is 31.1 Å². The molecule has 1 fully saturated rings. The largest absolute Gasteiger partial charge is 0.488 e. The van der Waals surface area contributed by atoms with Crippen molar-refractivity contribution in [1.82, 2.24) is 15.3 Å². The van der Waals surface area contributed by atoms with Crippen molar-refractivity contribution >= 4 is 5.82 Å². The number of ether oxygens (including phenoxy) is 1. The van der Waals surface area contributed by atoms with Crippen LogP contribution in [0.3, 0.4) is 0 Å². The molecule has 0 aromatic carbocycles. The molecule has 1 aromatic heterocycles. The first-order valence-electron chi connectivity index (χ1n) is 7.15. The highest BCUT2D eigenvalue weighted by molar-refractivity contribution is 5.57. The van der Waals surface area contributed by atoms with Gasteiger partial charge in [-0.3, -0.25) is 0 Å². The van der Waals surface area contributed by atoms with Gasteiger partial charge >= 0.3 is 0 Å². The van der Waals surface area contributed by atoms with Gasteiger partial charge < -0.3 is 15.0 Å². The lowest BCUT2D eigenvalue weighted by atomic mass is 10.1. The number of anilines is 1. The van der Waals surface area contributed by atoms with Crippen molar-refractivity contribution in [3.63, 3.8) is 0 Å². The van der Waals surface area contributed by atoms with Gasteiger partial charge in [-0.25, -0.2) is 9.97 Å². The molecular weight excluding hydrogens is 240 g/mol. The van der Waals surface area contributed by atoms with Crippen LogP contribution < -0.4 is 15.0 Å². The molecule has 0 amide bonds. The van der Waals surface area contributed by atoms with Crippen molar-refractivity contribution in [1.29, 1.82) is 0 Å². The maximum absolute atomic E-state index is 5.99. The van der Waals surface area contributed by atoms with E-state index in [1.54, 1.807) is 0 Å². The normalized spacial score (nSPS) is 22.5. The van der Waals surface area contributed by atoms with Crippen LogP contribution in [0.15, 0.2) is 0 Å². The smallest absolute Gasteiger partial charge is 0.183 e. The highest BCUT2D eigenvalue weighted by Crippen LogP contribution is 2.37. The predicted octanol–water partition coefficient (Wildman–Crippen LogP) is 1.47. The Bertz CT molecular complexity index is 475. The van der Waals surface area contributed by atoms with E-state index < -0.39 is 0 Å². The molecule has 1 saturated heterocycles. The molecule has 0 radical (unpaired) electrons. The Hall–Kier alpha value is -1.36. The topological polar surface area (TPSA) is 50.3 Å². The van der Waals surface area contributed by atoms with Crippen LogP contribution in [0.4, 0.5) is 5.82 Å². The maximum Gasteiger partial charge on any atom is 0.183 e. The Balaban J connectivity index is 2.10. The Kier molecular flexibility index (Phi) is 3.31. The monoisotopic (exact) mass is 262 g/mol. The first kappa shape index (κ1) is 12.7. The molecule has 2 aliphatic rings. The molecule has 5 nitrogen and oxygen atoms in total. The zero-order valence-electron chi connectivity index (χ0n) is 11.9. The van der Waals surface area contributed by atoms with Gasteiger partial charge in [0.15, 0.2) is 11.6 Å². The van der Waals surface area contributed by atoms with E-state index in [0.717, 1.165) is 55.7 Å². The summed E-state index contributed by atoms with van der Waals surface area (Å²) < 4.78 is 5.99. The summed E-state index contributed by atoms with van der Waals surface area (Å²) in [6, 6.07) is 0.490. The van der Waals surface area contributed by atoms with Gasteiger partial charge in [0.05, 0.1) is 12.3 Å². The number of piperazine rings is 1. The summed E-state index contributed by atoms with van der Waals surface area (Å²) in [5.74, 6) is 3.10. The molecule has 1 N–H and O–H groups in total. The van der Waals surface area contributed by atoms with Crippen molar-refractivity contribution < 1.29 is 4.74 Å². The van der Waals surface area contributed by atoms with E-state index in [0.29, 0.717) is 12.0 Å². The summed E-state index contributed by atoms with van der Waals surface area (Å²) in [7, 11) is 0. The van der Waals surface area contributed by atoms with E-state index in [4.69, 9.17) is 4.74 Å². The molecule has 0 bridgehead atoms. The zero-order chi connectivity index (χ0) is 13.4. The second kappa shape index (κ2) is 4.96. The van der Waals surface area contributed by atoms with Crippen LogP contribution in [-0.2, 0) is 0 Å². The number of fused-ring (bicyclic) bond motifs is 3. The van der Waals surface area contributed by atoms with Crippen LogP contribution in [0.5, 0.6) is 5.75 Å². The predicted molar refractivity (Wildman–Crippen MR) is 75.0 cm³/mol. The number of hydrogen-bond donors (Lipinski definition) is 1. The molecule has 1 aromatic rings. The number of nitrogens with zero attached hydrogens (tertiary/aromatic N) is 3. The van der Waals surface area contributed by atoms with Crippen LogP contribution in [0.25, 0.3) is 0 Å². The highest BCUT2D eigenvalue weighted by atomic mass is 16.5. The summed E-state index contributed by atoms with van der Waals surface area (Å²) in [4.78, 5) is 11.7. The van der Waals surface area contributed by atoms with Crippen molar-refractivity contribution in [3.05, 3.63) is 11.5 Å². The fraction of sp³-hybridized carbons (Fsp3) is 0.714. The molecular formula is C14H22N4O. The van der Waals surface area contributed by atoms with E-state index in [9.17, 15) is 0 Å². The van der Waals surface area contributed by atoms with Gasteiger partial charge in [0.1, 0.15) is 5.82 Å². The number of aromatic nitrogens is 2. The van der Waals surface area contributed by atoms with Crippen molar-refractivity contribution in [3.8, 4) is 5.75 Å². The van der Waals surface area contributed by atoms with Crippen molar-refractivity contribution in [2.45, 2.75) is 39.2 Å². The van der Waals surface area contributed by atoms with Crippen LogP contribution in [0.2, 0.25) is 0 Å². The summed E-state index contributed by atoms with van der Waals surface area (Å²) in [5, 5.41) is 3.45. The Morgan fingerprint density at radius 2 is 2.21 bits per heavy atom. The number of aryl methyl sites for hydroxylation is 1. The third kappa shape index (κ3) is 2.27. The van der Waals surface area contributed by atoms with Gasteiger partial charge in [0.2, 0.25) is 0 Å². The Morgan fingerprint density at radius 3 is 3.00 bits per heavy atom. The lowest BCUT2D eigenvalue weighted by Gasteiger charge is -2.35. The molecule has 3 rings (SSSR count). The molecule has 3 heterocycles. The van der Waals surface area contributed by atoms with Gasteiger partial charge in [-0.1, -0.05) is 13.8 Å². The maximum atomic E-state index is 5.99. The fourth-order valence-corrected chi connectivity index (χ4v) is 2.89. The number of hydrogen-bond acceptors (Lipinski definition) is 5. The van der Waals surface area contributed by atoms with Crippen molar-refractivity contribution in [2.24, 2.45) is 0 Å². The van der Waals surface area contributed by atoms with Crippen LogP contribution in [-0.4, -0.2) is 42.3 Å². The molecule has 2 aliphatic heterocycles. The molecule has 104 valence electrons. The van der Waals surface area contributed by atoms with E-state index in [-0.39, 0.29) is 0 Å². The average molecular weight is 262 g/mol. The van der Waals surface area contributed by atoms with E-state index in [1.165, 1.54) is 0 Å². The zero-order valence-corrected chi connectivity index (χ0v) is 11.9. The lowest BCUT2D eigenvalue weighted by Crippen LogP contribution is -2.51. The van der Waals surface area contributed by atoms with E-state index in [1.807, 2.05) is 6.92 Å². The number of rotatable bonds is 1. The summed E-state index contributed by atoms with van der Waals surface area (Å²) in [5.41, 5.74) is 1.04. The number of nitrogens with one attached hydrogen (secondary N) is 1. The third-order valence-corrected chi connectivity index (χ3v) is 3.85. The van der Waals surface area contributed by atoms with Gasteiger partial charge in [-0.2, -0.15) is 0 Å². The SMILES string of the molecule is Cc1nc(C(C)C)c2c(n1)N1CCNCC1CCO2. The van der Waals surface area contributed by atoms with Gasteiger partial charge in [-0.15, -0.1) is 0 Å². The third-order valence-electron chi connectivity index (χ3n) is 3.85. The second-order valence-electron chi connectivity index (χ2n) is 5.65. The van der Waals surface area contributed by atoms with Gasteiger partial charge in [0, 0.05) is 32.1 Å². The van der Waals surface area contributed by atoms with Gasteiger partial charge in [0.25, 0.3) is 0 Å². The molecule has 0 saturated carbocycles. The van der Waals surface area contributed by atoms with Crippen LogP contribution in [0, 0.1) is 6.92 Å². The standard InChI is InChI=1S/C14H22N4O/c1-9(2)12-13-14(17-10(3)16-12)18-6-5-15-8-11(18)4-7-19-13/h9,11,15H,4-8H2,1-3H3. The quantitative estimate of drug-likeness (QED) is 0.830. The summed E-state index contributed by atoms with van der Waals surface area (Å²) in [6.45, 7) is 10.1. The van der Waals surface area contributed by atoms with E-state index in [2.05, 4.69) is 34.0 Å². The van der Waals surface area contributed by atoms with Gasteiger partial charge in [-0.05, 0) is 12.8 Å². The fourth-order valence-electron chi connectivity index (χ4n) is 2.89. The minimum absolute atomic E-state index is 0.356.